The molecule has 3 nitrogen and oxygen atoms in total. The summed E-state index contributed by atoms with van der Waals surface area (Å²) in [5, 5.41) is 0. The zero-order chi connectivity index (χ0) is 10.9. The van der Waals surface area contributed by atoms with Crippen LogP contribution in [0.25, 0.3) is 0 Å². The molecule has 0 unspecified atom stereocenters. The Morgan fingerprint density at radius 3 is 3.00 bits per heavy atom. The highest BCUT2D eigenvalue weighted by atomic mass is 16.7. The van der Waals surface area contributed by atoms with E-state index in [-0.39, 0.29) is 0 Å². The summed E-state index contributed by atoms with van der Waals surface area (Å²) in [6.07, 6.45) is 1.31. The lowest BCUT2D eigenvalue weighted by Gasteiger charge is -2.33. The lowest BCUT2D eigenvalue weighted by Crippen LogP contribution is -2.35. The van der Waals surface area contributed by atoms with Gasteiger partial charge in [0.2, 0.25) is 5.79 Å². The van der Waals surface area contributed by atoms with Crippen molar-refractivity contribution in [2.24, 2.45) is 0 Å². The van der Waals surface area contributed by atoms with Gasteiger partial charge in [0.05, 0.1) is 6.61 Å². The molecule has 1 aliphatic heterocycles. The second-order valence-electron chi connectivity index (χ2n) is 4.06. The average Bonchev–Trinajstić information content (AvgIpc) is 2.16. The van der Waals surface area contributed by atoms with Gasteiger partial charge in [0.25, 0.3) is 0 Å². The summed E-state index contributed by atoms with van der Waals surface area (Å²) in [7, 11) is 0. The van der Waals surface area contributed by atoms with E-state index in [1.54, 1.807) is 0 Å². The number of hydrogen-bond donors (Lipinski definition) is 0. The number of carbonyl (C=O) groups excluding carboxylic acids is 1. The highest BCUT2D eigenvalue weighted by molar-refractivity contribution is 5.58. The Morgan fingerprint density at radius 1 is 1.47 bits per heavy atom. The molecule has 0 saturated carbocycles. The van der Waals surface area contributed by atoms with E-state index in [9.17, 15) is 4.79 Å². The van der Waals surface area contributed by atoms with Gasteiger partial charge < -0.3 is 14.3 Å². The molecule has 0 radical (unpaired) electrons. The van der Waals surface area contributed by atoms with Crippen LogP contribution < -0.4 is 4.74 Å². The molecular weight excluding hydrogens is 192 g/mol. The van der Waals surface area contributed by atoms with Crippen LogP contribution >= 0.6 is 0 Å². The zero-order valence-corrected chi connectivity index (χ0v) is 8.95. The third kappa shape index (κ3) is 2.02. The molecule has 80 valence electrons. The van der Waals surface area contributed by atoms with Crippen LogP contribution in [-0.2, 0) is 22.6 Å². The van der Waals surface area contributed by atoms with Crippen LogP contribution in [0.2, 0.25) is 0 Å². The summed E-state index contributed by atoms with van der Waals surface area (Å²) in [6.45, 7) is 4.26. The number of rotatable bonds is 2. The molecule has 0 N–H and O–H groups in total. The first-order valence-corrected chi connectivity index (χ1v) is 5.00. The van der Waals surface area contributed by atoms with Crippen molar-refractivity contribution in [1.82, 2.24) is 0 Å². The Hall–Kier alpha value is -1.35. The second kappa shape index (κ2) is 3.66. The molecular formula is C12H14O3. The Bertz CT molecular complexity index is 382. The van der Waals surface area contributed by atoms with E-state index in [1.165, 1.54) is 0 Å². The maximum Gasteiger partial charge on any atom is 0.205 e. The maximum absolute atomic E-state index is 10.5. The van der Waals surface area contributed by atoms with E-state index in [0.29, 0.717) is 13.0 Å². The predicted molar refractivity (Wildman–Crippen MR) is 55.7 cm³/mol. The van der Waals surface area contributed by atoms with Gasteiger partial charge in [0, 0.05) is 25.8 Å². The van der Waals surface area contributed by atoms with Crippen LogP contribution in [0.4, 0.5) is 0 Å². The van der Waals surface area contributed by atoms with Gasteiger partial charge in [-0.1, -0.05) is 12.1 Å². The van der Waals surface area contributed by atoms with E-state index >= 15 is 0 Å². The van der Waals surface area contributed by atoms with Gasteiger partial charge >= 0.3 is 0 Å². The first-order valence-electron chi connectivity index (χ1n) is 5.00. The van der Waals surface area contributed by atoms with Crippen molar-refractivity contribution in [2.45, 2.75) is 32.7 Å². The molecule has 1 heterocycles. The van der Waals surface area contributed by atoms with Gasteiger partial charge in [-0.3, -0.25) is 0 Å². The predicted octanol–water partition coefficient (Wildman–Crippen LogP) is 2.07. The van der Waals surface area contributed by atoms with Gasteiger partial charge in [0.15, 0.2) is 0 Å². The summed E-state index contributed by atoms with van der Waals surface area (Å²) in [5.41, 5.74) is 1.97. The Balaban J connectivity index is 2.37. The fraction of sp³-hybridized carbons (Fsp3) is 0.417. The molecule has 0 bridgehead atoms. The number of hydrogen-bond acceptors (Lipinski definition) is 3. The fourth-order valence-corrected chi connectivity index (χ4v) is 1.69. The molecule has 0 aliphatic carbocycles. The number of aldehydes is 1. The molecule has 1 aromatic carbocycles. The van der Waals surface area contributed by atoms with Crippen molar-refractivity contribution >= 4 is 6.29 Å². The molecule has 0 aromatic heterocycles. The lowest BCUT2D eigenvalue weighted by molar-refractivity contribution is -0.180. The van der Waals surface area contributed by atoms with E-state index in [0.717, 1.165) is 23.2 Å². The standard InChI is InChI=1S/C12H14O3/c1-12(2)14-8-10-9(6-7-13)4-3-5-11(10)15-12/h3-5,7H,6,8H2,1-2H3. The van der Waals surface area contributed by atoms with Crippen LogP contribution in [0.1, 0.15) is 25.0 Å². The van der Waals surface area contributed by atoms with Crippen LogP contribution in [0.15, 0.2) is 18.2 Å². The number of fused-ring (bicyclic) bond motifs is 1. The van der Waals surface area contributed by atoms with Crippen LogP contribution in [0.3, 0.4) is 0 Å². The van der Waals surface area contributed by atoms with Crippen LogP contribution in [0.5, 0.6) is 5.75 Å². The monoisotopic (exact) mass is 206 g/mol. The van der Waals surface area contributed by atoms with E-state index < -0.39 is 5.79 Å². The smallest absolute Gasteiger partial charge is 0.205 e. The summed E-state index contributed by atoms with van der Waals surface area (Å²) < 4.78 is 11.2. The minimum absolute atomic E-state index is 0.413. The molecule has 0 amide bonds. The number of benzene rings is 1. The van der Waals surface area contributed by atoms with Gasteiger partial charge in [0.1, 0.15) is 12.0 Å². The average molecular weight is 206 g/mol. The minimum atomic E-state index is -0.577. The van der Waals surface area contributed by atoms with Gasteiger partial charge in [-0.15, -0.1) is 0 Å². The summed E-state index contributed by atoms with van der Waals surface area (Å²) in [6, 6.07) is 5.74. The molecule has 0 saturated heterocycles. The van der Waals surface area contributed by atoms with Crippen molar-refractivity contribution in [3.8, 4) is 5.75 Å². The SMILES string of the molecule is CC1(C)OCc2c(CC=O)cccc2O1. The minimum Gasteiger partial charge on any atom is -0.463 e. The molecule has 15 heavy (non-hydrogen) atoms. The molecule has 1 aromatic rings. The molecule has 3 heteroatoms. The van der Waals surface area contributed by atoms with E-state index in [1.807, 2.05) is 32.0 Å². The molecule has 0 atom stereocenters. The highest BCUT2D eigenvalue weighted by Crippen LogP contribution is 2.33. The van der Waals surface area contributed by atoms with Crippen molar-refractivity contribution in [3.05, 3.63) is 29.3 Å². The zero-order valence-electron chi connectivity index (χ0n) is 8.95. The topological polar surface area (TPSA) is 35.5 Å². The third-order valence-electron chi connectivity index (χ3n) is 2.45. The number of ether oxygens (including phenoxy) is 2. The molecule has 0 spiro atoms. The van der Waals surface area contributed by atoms with E-state index in [2.05, 4.69) is 0 Å². The van der Waals surface area contributed by atoms with Crippen molar-refractivity contribution in [2.75, 3.05) is 0 Å². The third-order valence-corrected chi connectivity index (χ3v) is 2.45. The Kier molecular flexibility index (Phi) is 2.49. The van der Waals surface area contributed by atoms with Gasteiger partial charge in [-0.2, -0.15) is 0 Å². The van der Waals surface area contributed by atoms with Gasteiger partial charge in [-0.25, -0.2) is 0 Å². The van der Waals surface area contributed by atoms with E-state index in [4.69, 9.17) is 9.47 Å². The molecule has 0 fully saturated rings. The summed E-state index contributed by atoms with van der Waals surface area (Å²) in [5.74, 6) is 0.248. The Labute approximate surface area is 89.0 Å². The van der Waals surface area contributed by atoms with Crippen LogP contribution in [0, 0.1) is 0 Å². The highest BCUT2D eigenvalue weighted by Gasteiger charge is 2.28. The first kappa shape index (κ1) is 10.2. The van der Waals surface area contributed by atoms with Crippen LogP contribution in [-0.4, -0.2) is 12.1 Å². The first-order chi connectivity index (χ1) is 7.12. The summed E-state index contributed by atoms with van der Waals surface area (Å²) >= 11 is 0. The largest absolute Gasteiger partial charge is 0.463 e. The normalized spacial score (nSPS) is 17.7. The maximum atomic E-state index is 10.5. The quantitative estimate of drug-likeness (QED) is 0.695. The molecule has 1 aliphatic rings. The lowest BCUT2D eigenvalue weighted by atomic mass is 10.0. The fourth-order valence-electron chi connectivity index (χ4n) is 1.69. The van der Waals surface area contributed by atoms with Crippen molar-refractivity contribution < 1.29 is 14.3 Å². The number of carbonyl (C=O) groups is 1. The van der Waals surface area contributed by atoms with Crippen molar-refractivity contribution in [1.29, 1.82) is 0 Å². The Morgan fingerprint density at radius 2 is 2.27 bits per heavy atom. The summed E-state index contributed by atoms with van der Waals surface area (Å²) in [4.78, 5) is 10.5. The van der Waals surface area contributed by atoms with Crippen molar-refractivity contribution in [3.63, 3.8) is 0 Å². The molecule has 2 rings (SSSR count). The van der Waals surface area contributed by atoms with Gasteiger partial charge in [-0.05, 0) is 11.6 Å². The second-order valence-corrected chi connectivity index (χ2v) is 4.06.